The molecule has 0 bridgehead atoms. The molecule has 3 aromatic carbocycles. The highest BCUT2D eigenvalue weighted by molar-refractivity contribution is 6.42. The van der Waals surface area contributed by atoms with E-state index in [0.717, 1.165) is 21.7 Å². The van der Waals surface area contributed by atoms with Crippen LogP contribution in [0.2, 0.25) is 10.0 Å². The molecule has 0 unspecified atom stereocenters. The van der Waals surface area contributed by atoms with E-state index >= 15 is 0 Å². The number of hydrogen-bond acceptors (Lipinski definition) is 3. The molecular weight excluding hydrogens is 359 g/mol. The lowest BCUT2D eigenvalue weighted by Crippen LogP contribution is -2.04. The Morgan fingerprint density at radius 2 is 1.80 bits per heavy atom. The molecule has 0 N–H and O–H groups in total. The van der Waals surface area contributed by atoms with Crippen LogP contribution in [0.1, 0.15) is 5.56 Å². The minimum Gasteiger partial charge on any atom is -0.487 e. The van der Waals surface area contributed by atoms with Gasteiger partial charge in [0.25, 0.3) is 0 Å². The zero-order valence-electron chi connectivity index (χ0n) is 13.0. The molecule has 0 aliphatic rings. The smallest absolute Gasteiger partial charge is 0.336 e. The summed E-state index contributed by atoms with van der Waals surface area (Å²) < 4.78 is 11.2. The van der Waals surface area contributed by atoms with E-state index < -0.39 is 5.63 Å². The summed E-state index contributed by atoms with van der Waals surface area (Å²) >= 11 is 12.2. The number of ether oxygens (including phenoxy) is 1. The minimum absolute atomic E-state index is 0.177. The van der Waals surface area contributed by atoms with Gasteiger partial charge in [-0.25, -0.2) is 4.79 Å². The summed E-state index contributed by atoms with van der Waals surface area (Å²) in [5, 5.41) is 3.68. The summed E-state index contributed by atoms with van der Waals surface area (Å²) in [7, 11) is 0. The maximum atomic E-state index is 11.9. The van der Waals surface area contributed by atoms with E-state index in [-0.39, 0.29) is 6.61 Å². The SMILES string of the molecule is O=c1cc(COc2cccc(Cl)c2Cl)c2c(ccc3ccccc32)o1. The second kappa shape index (κ2) is 6.43. The first-order valence-corrected chi connectivity index (χ1v) is 8.40. The highest BCUT2D eigenvalue weighted by atomic mass is 35.5. The third-order valence-corrected chi connectivity index (χ3v) is 4.82. The van der Waals surface area contributed by atoms with Crippen molar-refractivity contribution in [3.05, 3.63) is 86.7 Å². The predicted octanol–water partition coefficient (Wildman–Crippen LogP) is 5.83. The van der Waals surface area contributed by atoms with Crippen molar-refractivity contribution in [2.75, 3.05) is 0 Å². The fraction of sp³-hybridized carbons (Fsp3) is 0.0500. The molecule has 0 atom stereocenters. The molecule has 3 nitrogen and oxygen atoms in total. The van der Waals surface area contributed by atoms with Gasteiger partial charge in [-0.15, -0.1) is 0 Å². The Bertz CT molecular complexity index is 1150. The molecule has 0 aliphatic carbocycles. The van der Waals surface area contributed by atoms with E-state index in [1.807, 2.05) is 30.3 Å². The van der Waals surface area contributed by atoms with Gasteiger partial charge in [0.15, 0.2) is 0 Å². The van der Waals surface area contributed by atoms with Crippen LogP contribution < -0.4 is 10.4 Å². The van der Waals surface area contributed by atoms with Crippen molar-refractivity contribution in [1.29, 1.82) is 0 Å². The van der Waals surface area contributed by atoms with Crippen LogP contribution in [-0.2, 0) is 6.61 Å². The highest BCUT2D eigenvalue weighted by Gasteiger charge is 2.12. The van der Waals surface area contributed by atoms with Gasteiger partial charge in [-0.1, -0.05) is 59.6 Å². The van der Waals surface area contributed by atoms with E-state index in [4.69, 9.17) is 32.4 Å². The van der Waals surface area contributed by atoms with E-state index in [9.17, 15) is 4.79 Å². The summed E-state index contributed by atoms with van der Waals surface area (Å²) in [5.41, 5.74) is 0.847. The van der Waals surface area contributed by atoms with Crippen LogP contribution in [0.3, 0.4) is 0 Å². The first kappa shape index (κ1) is 16.0. The van der Waals surface area contributed by atoms with E-state index in [2.05, 4.69) is 0 Å². The maximum Gasteiger partial charge on any atom is 0.336 e. The van der Waals surface area contributed by atoms with Crippen LogP contribution in [0.25, 0.3) is 21.7 Å². The molecule has 124 valence electrons. The van der Waals surface area contributed by atoms with E-state index in [0.29, 0.717) is 21.4 Å². The molecule has 0 fully saturated rings. The normalized spacial score (nSPS) is 11.1. The first-order chi connectivity index (χ1) is 12.1. The van der Waals surface area contributed by atoms with Gasteiger partial charge in [0.1, 0.15) is 23.0 Å². The summed E-state index contributed by atoms with van der Waals surface area (Å²) in [6.45, 7) is 0.177. The van der Waals surface area contributed by atoms with Crippen LogP contribution in [0.5, 0.6) is 5.75 Å². The lowest BCUT2D eigenvalue weighted by molar-refractivity contribution is 0.307. The van der Waals surface area contributed by atoms with Crippen molar-refractivity contribution in [3.63, 3.8) is 0 Å². The Labute approximate surface area is 153 Å². The van der Waals surface area contributed by atoms with E-state index in [1.54, 1.807) is 24.3 Å². The third-order valence-electron chi connectivity index (χ3n) is 4.01. The Kier molecular flexibility index (Phi) is 4.12. The standard InChI is InChI=1S/C20H12Cl2O3/c21-15-6-3-7-17(20(15)22)24-11-13-10-18(23)25-16-9-8-12-4-1-2-5-14(12)19(13)16/h1-10H,11H2. The van der Waals surface area contributed by atoms with Gasteiger partial charge in [0.2, 0.25) is 0 Å². The van der Waals surface area contributed by atoms with Crippen molar-refractivity contribution < 1.29 is 9.15 Å². The van der Waals surface area contributed by atoms with Crippen molar-refractivity contribution in [2.24, 2.45) is 0 Å². The summed E-state index contributed by atoms with van der Waals surface area (Å²) in [6.07, 6.45) is 0. The number of benzene rings is 3. The van der Waals surface area contributed by atoms with Crippen LogP contribution >= 0.6 is 23.2 Å². The molecule has 0 spiro atoms. The second-order valence-electron chi connectivity index (χ2n) is 5.59. The first-order valence-electron chi connectivity index (χ1n) is 7.65. The molecule has 25 heavy (non-hydrogen) atoms. The lowest BCUT2D eigenvalue weighted by Gasteiger charge is -2.11. The van der Waals surface area contributed by atoms with Crippen LogP contribution in [0.15, 0.2) is 69.9 Å². The van der Waals surface area contributed by atoms with Crippen molar-refractivity contribution in [1.82, 2.24) is 0 Å². The Hall–Kier alpha value is -2.49. The zero-order valence-corrected chi connectivity index (χ0v) is 14.5. The molecule has 0 radical (unpaired) electrons. The number of hydrogen-bond donors (Lipinski definition) is 0. The molecule has 4 aromatic rings. The Morgan fingerprint density at radius 1 is 0.960 bits per heavy atom. The van der Waals surface area contributed by atoms with Crippen molar-refractivity contribution in [3.8, 4) is 5.75 Å². The zero-order chi connectivity index (χ0) is 17.4. The van der Waals surface area contributed by atoms with Crippen molar-refractivity contribution in [2.45, 2.75) is 6.61 Å². The highest BCUT2D eigenvalue weighted by Crippen LogP contribution is 2.33. The molecule has 0 saturated carbocycles. The van der Waals surface area contributed by atoms with Gasteiger partial charge in [-0.2, -0.15) is 0 Å². The number of fused-ring (bicyclic) bond motifs is 3. The van der Waals surface area contributed by atoms with Crippen LogP contribution in [0.4, 0.5) is 0 Å². The van der Waals surface area contributed by atoms with Gasteiger partial charge in [-0.05, 0) is 29.0 Å². The number of halogens is 2. The Balaban J connectivity index is 1.84. The molecule has 0 aliphatic heterocycles. The van der Waals surface area contributed by atoms with Crippen molar-refractivity contribution >= 4 is 44.9 Å². The summed E-state index contributed by atoms with van der Waals surface area (Å²) in [5.74, 6) is 0.468. The average molecular weight is 371 g/mol. The number of rotatable bonds is 3. The predicted molar refractivity (Wildman–Crippen MR) is 101 cm³/mol. The largest absolute Gasteiger partial charge is 0.487 e. The third kappa shape index (κ3) is 2.97. The van der Waals surface area contributed by atoms with Gasteiger partial charge in [0.05, 0.1) is 5.02 Å². The summed E-state index contributed by atoms with van der Waals surface area (Å²) in [4.78, 5) is 11.9. The summed E-state index contributed by atoms with van der Waals surface area (Å²) in [6, 6.07) is 18.3. The van der Waals surface area contributed by atoms with Crippen LogP contribution in [-0.4, -0.2) is 0 Å². The van der Waals surface area contributed by atoms with Gasteiger partial charge in [0, 0.05) is 17.0 Å². The molecule has 5 heteroatoms. The molecule has 0 amide bonds. The second-order valence-corrected chi connectivity index (χ2v) is 6.38. The maximum absolute atomic E-state index is 11.9. The molecule has 1 aromatic heterocycles. The van der Waals surface area contributed by atoms with Crippen LogP contribution in [0, 0.1) is 0 Å². The van der Waals surface area contributed by atoms with Gasteiger partial charge >= 0.3 is 5.63 Å². The minimum atomic E-state index is -0.418. The quantitative estimate of drug-likeness (QED) is 0.336. The van der Waals surface area contributed by atoms with E-state index in [1.165, 1.54) is 6.07 Å². The monoisotopic (exact) mass is 370 g/mol. The fourth-order valence-corrected chi connectivity index (χ4v) is 3.23. The molecule has 0 saturated heterocycles. The lowest BCUT2D eigenvalue weighted by atomic mass is 10.0. The average Bonchev–Trinajstić information content (AvgIpc) is 2.62. The molecule has 1 heterocycles. The van der Waals surface area contributed by atoms with Gasteiger partial charge < -0.3 is 9.15 Å². The fourth-order valence-electron chi connectivity index (χ4n) is 2.88. The molecule has 4 rings (SSSR count). The topological polar surface area (TPSA) is 39.4 Å². The Morgan fingerprint density at radius 3 is 2.68 bits per heavy atom. The molecular formula is C20H12Cl2O3. The van der Waals surface area contributed by atoms with Gasteiger partial charge in [-0.3, -0.25) is 0 Å².